The lowest BCUT2D eigenvalue weighted by Crippen LogP contribution is -2.43. The summed E-state index contributed by atoms with van der Waals surface area (Å²) in [6.45, 7) is 13.7. The molecule has 0 aliphatic heterocycles. The van der Waals surface area contributed by atoms with Crippen LogP contribution < -0.4 is 0 Å². The number of unbranched alkanes of at least 4 members (excludes halogenated alkanes) is 8. The topological polar surface area (TPSA) is 52.6 Å². The maximum atomic E-state index is 12.1. The molecule has 0 radical (unpaired) electrons. The fourth-order valence-corrected chi connectivity index (χ4v) is 5.65. The number of Topliss-reactive ketones (excluding diaryl/α,β-unsaturated/α-hetero) is 1. The van der Waals surface area contributed by atoms with Crippen LogP contribution in [0.2, 0.25) is 18.1 Å². The van der Waals surface area contributed by atoms with Crippen molar-refractivity contribution in [3.63, 3.8) is 0 Å². The average molecular weight is 610 g/mol. The van der Waals surface area contributed by atoms with Crippen LogP contribution in [0.25, 0.3) is 0 Å². The zero-order valence-corrected chi connectivity index (χ0v) is 27.5. The summed E-state index contributed by atoms with van der Waals surface area (Å²) in [6, 6.07) is 7.07. The summed E-state index contributed by atoms with van der Waals surface area (Å²) in [5, 5.41) is 0.243. The van der Waals surface area contributed by atoms with Crippen LogP contribution >= 0.6 is 15.9 Å². The van der Waals surface area contributed by atoms with Gasteiger partial charge in [-0.2, -0.15) is 0 Å². The number of halogens is 1. The van der Waals surface area contributed by atoms with Gasteiger partial charge in [0.25, 0.3) is 0 Å². The lowest BCUT2D eigenvalue weighted by molar-refractivity contribution is -0.142. The molecule has 216 valence electrons. The van der Waals surface area contributed by atoms with Crippen LogP contribution in [-0.4, -0.2) is 32.8 Å². The molecule has 0 N–H and O–H groups in total. The number of carbonyl (C=O) groups is 2. The van der Waals surface area contributed by atoms with Crippen molar-refractivity contribution in [2.75, 3.05) is 6.61 Å². The highest BCUT2D eigenvalue weighted by molar-refractivity contribution is 9.10. The largest absolute Gasteiger partial charge is 0.457 e. The summed E-state index contributed by atoms with van der Waals surface area (Å²) < 4.78 is 12.8. The number of ketones is 1. The number of rotatable bonds is 20. The second-order valence-electron chi connectivity index (χ2n) is 12.0. The second-order valence-corrected chi connectivity index (χ2v) is 17.6. The minimum atomic E-state index is -1.75. The predicted octanol–water partition coefficient (Wildman–Crippen LogP) is 10.2. The van der Waals surface area contributed by atoms with Crippen LogP contribution in [0.5, 0.6) is 0 Å². The molecule has 6 heteroatoms. The number of hydrogen-bond donors (Lipinski definition) is 0. The highest BCUT2D eigenvalue weighted by Gasteiger charge is 2.38. The monoisotopic (exact) mass is 608 g/mol. The Balaban J connectivity index is 2.19. The first-order chi connectivity index (χ1) is 18.0. The van der Waals surface area contributed by atoms with Gasteiger partial charge in [0, 0.05) is 22.6 Å². The van der Waals surface area contributed by atoms with E-state index in [1.165, 1.54) is 38.5 Å². The Morgan fingerprint density at radius 2 is 1.55 bits per heavy atom. The summed E-state index contributed by atoms with van der Waals surface area (Å²) in [4.78, 5) is 24.0. The van der Waals surface area contributed by atoms with Crippen molar-refractivity contribution >= 4 is 36.0 Å². The fraction of sp³-hybridized carbons (Fsp3) is 0.688. The van der Waals surface area contributed by atoms with E-state index in [1.807, 2.05) is 12.1 Å². The first-order valence-corrected chi connectivity index (χ1v) is 18.4. The van der Waals surface area contributed by atoms with E-state index in [2.05, 4.69) is 68.9 Å². The second kappa shape index (κ2) is 18.9. The van der Waals surface area contributed by atoms with Gasteiger partial charge in [-0.25, -0.2) is 0 Å². The van der Waals surface area contributed by atoms with Crippen molar-refractivity contribution in [3.05, 3.63) is 46.5 Å². The van der Waals surface area contributed by atoms with Gasteiger partial charge in [-0.05, 0) is 62.4 Å². The minimum absolute atomic E-state index is 0.173. The summed E-state index contributed by atoms with van der Waals surface area (Å²) in [7, 11) is -1.75. The fourth-order valence-electron chi connectivity index (χ4n) is 3.98. The molecule has 0 saturated heterocycles. The molecule has 1 aromatic carbocycles. The molecule has 1 rings (SSSR count). The van der Waals surface area contributed by atoms with Gasteiger partial charge in [-0.15, -0.1) is 0 Å². The third kappa shape index (κ3) is 15.4. The molecule has 0 aromatic heterocycles. The SMILES string of the molecule is CCCCCCC(C/C=C\CCCCCCCC(=O)OCC(=O)c1ccc(Br)cc1)O[Si](C)(C)C(C)(C)C. The Hall–Kier alpha value is -1.24. The molecule has 38 heavy (non-hydrogen) atoms. The van der Waals surface area contributed by atoms with Gasteiger partial charge >= 0.3 is 5.97 Å². The van der Waals surface area contributed by atoms with Gasteiger partial charge in [-0.1, -0.05) is 113 Å². The maximum Gasteiger partial charge on any atom is 0.306 e. The van der Waals surface area contributed by atoms with Gasteiger partial charge in [0.2, 0.25) is 0 Å². The smallest absolute Gasteiger partial charge is 0.306 e. The molecule has 0 aliphatic rings. The molecule has 0 fully saturated rings. The Morgan fingerprint density at radius 3 is 2.21 bits per heavy atom. The molecule has 4 nitrogen and oxygen atoms in total. The Bertz CT molecular complexity index is 827. The highest BCUT2D eigenvalue weighted by atomic mass is 79.9. The lowest BCUT2D eigenvalue weighted by Gasteiger charge is -2.39. The third-order valence-corrected chi connectivity index (χ3v) is 12.6. The van der Waals surface area contributed by atoms with Crippen molar-refractivity contribution in [1.29, 1.82) is 0 Å². The predicted molar refractivity (Wildman–Crippen MR) is 166 cm³/mol. The highest BCUT2D eigenvalue weighted by Crippen LogP contribution is 2.38. The molecule has 1 atom stereocenters. The number of esters is 1. The summed E-state index contributed by atoms with van der Waals surface area (Å²) >= 11 is 3.35. The van der Waals surface area contributed by atoms with E-state index in [0.29, 0.717) is 18.1 Å². The van der Waals surface area contributed by atoms with Crippen molar-refractivity contribution in [2.24, 2.45) is 0 Å². The van der Waals surface area contributed by atoms with Crippen molar-refractivity contribution < 1.29 is 18.8 Å². The van der Waals surface area contributed by atoms with Crippen LogP contribution in [0.1, 0.15) is 122 Å². The summed E-state index contributed by atoms with van der Waals surface area (Å²) in [6.07, 6.45) is 19.1. The van der Waals surface area contributed by atoms with E-state index in [0.717, 1.165) is 43.0 Å². The van der Waals surface area contributed by atoms with Gasteiger partial charge in [0.1, 0.15) is 0 Å². The molecule has 0 amide bonds. The van der Waals surface area contributed by atoms with Crippen molar-refractivity contribution in [2.45, 2.75) is 135 Å². The van der Waals surface area contributed by atoms with E-state index < -0.39 is 8.32 Å². The summed E-state index contributed by atoms with van der Waals surface area (Å²) in [5.74, 6) is -0.462. The van der Waals surface area contributed by atoms with E-state index in [9.17, 15) is 9.59 Å². The van der Waals surface area contributed by atoms with Crippen LogP contribution in [0.15, 0.2) is 40.9 Å². The number of carbonyl (C=O) groups excluding carboxylic acids is 2. The molecule has 0 bridgehead atoms. The number of allylic oxidation sites excluding steroid dienone is 1. The van der Waals surface area contributed by atoms with Crippen LogP contribution in [0, 0.1) is 0 Å². The van der Waals surface area contributed by atoms with Crippen LogP contribution in [0.4, 0.5) is 0 Å². The molecule has 1 aromatic rings. The Morgan fingerprint density at radius 1 is 0.921 bits per heavy atom. The van der Waals surface area contributed by atoms with E-state index in [1.54, 1.807) is 12.1 Å². The first-order valence-electron chi connectivity index (χ1n) is 14.7. The molecule has 0 saturated carbocycles. The quantitative estimate of drug-likeness (QED) is 0.0485. The molecule has 1 unspecified atom stereocenters. The van der Waals surface area contributed by atoms with Crippen LogP contribution in [0.3, 0.4) is 0 Å². The zero-order chi connectivity index (χ0) is 28.4. The number of benzene rings is 1. The maximum absolute atomic E-state index is 12.1. The normalized spacial score (nSPS) is 13.1. The number of ether oxygens (including phenoxy) is 1. The Labute approximate surface area is 242 Å². The van der Waals surface area contributed by atoms with Gasteiger partial charge < -0.3 is 9.16 Å². The van der Waals surface area contributed by atoms with Crippen LogP contribution in [-0.2, 0) is 14.0 Å². The Kier molecular flexibility index (Phi) is 17.3. The van der Waals surface area contributed by atoms with Gasteiger partial charge in [0.15, 0.2) is 20.7 Å². The molecule has 0 spiro atoms. The molecule has 0 aliphatic carbocycles. The standard InChI is InChI=1S/C32H53BrO4Si/c1-7-8-9-16-19-29(37-38(5,6)32(2,3)4)20-17-14-12-10-11-13-15-18-21-31(35)36-26-30(34)27-22-24-28(33)25-23-27/h14,17,22-25,29H,7-13,15-16,18-21,26H2,1-6H3/b17-14-. The lowest BCUT2D eigenvalue weighted by atomic mass is 10.1. The van der Waals surface area contributed by atoms with Crippen molar-refractivity contribution in [3.8, 4) is 0 Å². The van der Waals surface area contributed by atoms with Gasteiger partial charge in [-0.3, -0.25) is 9.59 Å². The van der Waals surface area contributed by atoms with Gasteiger partial charge in [0.05, 0.1) is 0 Å². The zero-order valence-electron chi connectivity index (χ0n) is 25.0. The van der Waals surface area contributed by atoms with E-state index >= 15 is 0 Å². The molecular formula is C32H53BrO4Si. The van der Waals surface area contributed by atoms with E-state index in [-0.39, 0.29) is 23.4 Å². The first kappa shape index (κ1) is 34.8. The average Bonchev–Trinajstić information content (AvgIpc) is 2.85. The molecule has 0 heterocycles. The van der Waals surface area contributed by atoms with E-state index in [4.69, 9.17) is 9.16 Å². The minimum Gasteiger partial charge on any atom is -0.457 e. The molecular weight excluding hydrogens is 556 g/mol. The third-order valence-electron chi connectivity index (χ3n) is 7.49. The van der Waals surface area contributed by atoms with Crippen molar-refractivity contribution in [1.82, 2.24) is 0 Å². The summed E-state index contributed by atoms with van der Waals surface area (Å²) in [5.41, 5.74) is 0.556. The number of hydrogen-bond acceptors (Lipinski definition) is 4.